The second-order valence-electron chi connectivity index (χ2n) is 7.96. The van der Waals surface area contributed by atoms with Gasteiger partial charge in [0.25, 0.3) is 0 Å². The van der Waals surface area contributed by atoms with E-state index < -0.39 is 0 Å². The van der Waals surface area contributed by atoms with E-state index in [1.54, 1.807) is 0 Å². The number of thioether (sulfide) groups is 1. The highest BCUT2D eigenvalue weighted by atomic mass is 127. The van der Waals surface area contributed by atoms with Gasteiger partial charge in [0.2, 0.25) is 0 Å². The number of nitrogens with zero attached hydrogens (tertiary/aromatic N) is 3. The molecule has 3 rings (SSSR count). The summed E-state index contributed by atoms with van der Waals surface area (Å²) >= 11 is 2.10. The van der Waals surface area contributed by atoms with Gasteiger partial charge in [-0.15, -0.1) is 24.0 Å². The Morgan fingerprint density at radius 2 is 1.75 bits per heavy atom. The molecule has 3 fully saturated rings. The Bertz CT molecular complexity index is 450. The Kier molecular flexibility index (Phi) is 11.8. The van der Waals surface area contributed by atoms with Crippen LogP contribution in [0.25, 0.3) is 0 Å². The van der Waals surface area contributed by atoms with Crippen LogP contribution in [-0.2, 0) is 4.74 Å². The van der Waals surface area contributed by atoms with Gasteiger partial charge in [-0.25, -0.2) is 0 Å². The van der Waals surface area contributed by atoms with Crippen LogP contribution >= 0.6 is 35.7 Å². The summed E-state index contributed by atoms with van der Waals surface area (Å²) in [5, 5.41) is 7.01. The number of guanidine groups is 1. The predicted octanol–water partition coefficient (Wildman–Crippen LogP) is 2.24. The number of nitrogens with one attached hydrogen (secondary N) is 2. The number of rotatable bonds is 7. The number of halogens is 1. The van der Waals surface area contributed by atoms with E-state index in [1.165, 1.54) is 56.7 Å². The first-order valence-electron chi connectivity index (χ1n) is 11.0. The Morgan fingerprint density at radius 3 is 2.43 bits per heavy atom. The summed E-state index contributed by atoms with van der Waals surface area (Å²) in [6.45, 7) is 12.3. The largest absolute Gasteiger partial charge is 0.379 e. The molecule has 6 nitrogen and oxygen atoms in total. The van der Waals surface area contributed by atoms with Crippen molar-refractivity contribution >= 4 is 41.7 Å². The minimum atomic E-state index is 0. The van der Waals surface area contributed by atoms with Crippen molar-refractivity contribution in [2.75, 3.05) is 77.1 Å². The Hall–Kier alpha value is 0.230. The molecule has 0 aromatic heterocycles. The molecule has 0 amide bonds. The van der Waals surface area contributed by atoms with Crippen molar-refractivity contribution in [1.82, 2.24) is 20.4 Å². The summed E-state index contributed by atoms with van der Waals surface area (Å²) in [6.07, 6.45) is 6.74. The van der Waals surface area contributed by atoms with Gasteiger partial charge in [-0.1, -0.05) is 19.3 Å². The molecule has 0 aromatic carbocycles. The molecule has 2 heterocycles. The third-order valence-corrected chi connectivity index (χ3v) is 7.11. The predicted molar refractivity (Wildman–Crippen MR) is 131 cm³/mol. The molecule has 0 aromatic rings. The zero-order valence-corrected chi connectivity index (χ0v) is 20.7. The third-order valence-electron chi connectivity index (χ3n) is 6.17. The van der Waals surface area contributed by atoms with Gasteiger partial charge >= 0.3 is 0 Å². The molecule has 1 saturated carbocycles. The van der Waals surface area contributed by atoms with Crippen LogP contribution in [0.1, 0.15) is 39.0 Å². The van der Waals surface area contributed by atoms with Crippen LogP contribution in [0.4, 0.5) is 0 Å². The van der Waals surface area contributed by atoms with Crippen molar-refractivity contribution in [1.29, 1.82) is 0 Å². The average Bonchev–Trinajstić information content (AvgIpc) is 2.74. The molecule has 0 bridgehead atoms. The lowest BCUT2D eigenvalue weighted by Gasteiger charge is -2.47. The smallest absolute Gasteiger partial charge is 0.191 e. The van der Waals surface area contributed by atoms with Crippen molar-refractivity contribution in [2.24, 2.45) is 4.99 Å². The lowest BCUT2D eigenvalue weighted by molar-refractivity contribution is 0.0389. The molecule has 2 saturated heterocycles. The zero-order valence-electron chi connectivity index (χ0n) is 17.6. The first-order valence-corrected chi connectivity index (χ1v) is 12.1. The van der Waals surface area contributed by atoms with Crippen LogP contribution in [0.5, 0.6) is 0 Å². The van der Waals surface area contributed by atoms with E-state index in [-0.39, 0.29) is 24.0 Å². The fraction of sp³-hybridized carbons (Fsp3) is 0.950. The molecular weight excluding hydrogens is 485 g/mol. The lowest BCUT2D eigenvalue weighted by atomic mass is 9.80. The molecule has 0 unspecified atom stereocenters. The number of aliphatic imine (C=N–C) groups is 1. The molecule has 0 atom stereocenters. The van der Waals surface area contributed by atoms with E-state index in [4.69, 9.17) is 9.73 Å². The van der Waals surface area contributed by atoms with Gasteiger partial charge in [0.15, 0.2) is 5.96 Å². The van der Waals surface area contributed by atoms with Crippen molar-refractivity contribution in [3.63, 3.8) is 0 Å². The van der Waals surface area contributed by atoms with E-state index in [2.05, 4.69) is 39.1 Å². The second-order valence-corrected chi connectivity index (χ2v) is 9.19. The normalized spacial score (nSPS) is 24.4. The minimum Gasteiger partial charge on any atom is -0.379 e. The van der Waals surface area contributed by atoms with E-state index in [0.29, 0.717) is 5.54 Å². The first-order chi connectivity index (χ1) is 13.3. The molecule has 0 spiro atoms. The number of morpholine rings is 1. The summed E-state index contributed by atoms with van der Waals surface area (Å²) in [7, 11) is 0. The van der Waals surface area contributed by atoms with Crippen LogP contribution in [0.2, 0.25) is 0 Å². The van der Waals surface area contributed by atoms with Crippen molar-refractivity contribution in [2.45, 2.75) is 44.6 Å². The maximum atomic E-state index is 5.44. The van der Waals surface area contributed by atoms with Crippen molar-refractivity contribution in [3.8, 4) is 0 Å². The molecule has 2 aliphatic heterocycles. The quantitative estimate of drug-likeness (QED) is 0.302. The van der Waals surface area contributed by atoms with E-state index >= 15 is 0 Å². The Labute approximate surface area is 193 Å². The molecule has 28 heavy (non-hydrogen) atoms. The van der Waals surface area contributed by atoms with E-state index in [0.717, 1.165) is 58.4 Å². The minimum absolute atomic E-state index is 0. The molecule has 1 aliphatic carbocycles. The van der Waals surface area contributed by atoms with E-state index in [9.17, 15) is 0 Å². The third kappa shape index (κ3) is 7.49. The van der Waals surface area contributed by atoms with E-state index in [1.807, 2.05) is 0 Å². The van der Waals surface area contributed by atoms with Crippen LogP contribution in [0.15, 0.2) is 4.99 Å². The molecule has 8 heteroatoms. The maximum Gasteiger partial charge on any atom is 0.191 e. The monoisotopic (exact) mass is 525 g/mol. The van der Waals surface area contributed by atoms with Gasteiger partial charge in [-0.3, -0.25) is 14.8 Å². The second kappa shape index (κ2) is 13.5. The molecule has 0 radical (unpaired) electrons. The van der Waals surface area contributed by atoms with Gasteiger partial charge in [0.1, 0.15) is 0 Å². The zero-order chi connectivity index (χ0) is 18.8. The first kappa shape index (κ1) is 24.5. The van der Waals surface area contributed by atoms with Crippen molar-refractivity contribution < 1.29 is 4.74 Å². The summed E-state index contributed by atoms with van der Waals surface area (Å²) in [6, 6.07) is 0. The molecule has 3 aliphatic rings. The van der Waals surface area contributed by atoms with Gasteiger partial charge in [0, 0.05) is 62.9 Å². The molecule has 164 valence electrons. The average molecular weight is 526 g/mol. The van der Waals surface area contributed by atoms with Crippen LogP contribution in [0, 0.1) is 0 Å². The van der Waals surface area contributed by atoms with Gasteiger partial charge in [-0.05, 0) is 19.8 Å². The number of hydrogen-bond acceptors (Lipinski definition) is 5. The number of ether oxygens (including phenoxy) is 1. The fourth-order valence-corrected chi connectivity index (χ4v) is 5.45. The highest BCUT2D eigenvalue weighted by Crippen LogP contribution is 2.35. The van der Waals surface area contributed by atoms with Crippen LogP contribution < -0.4 is 10.6 Å². The Morgan fingerprint density at radius 1 is 1.04 bits per heavy atom. The van der Waals surface area contributed by atoms with Crippen LogP contribution in [0.3, 0.4) is 0 Å². The lowest BCUT2D eigenvalue weighted by Crippen LogP contribution is -2.55. The van der Waals surface area contributed by atoms with Gasteiger partial charge in [-0.2, -0.15) is 11.8 Å². The highest BCUT2D eigenvalue weighted by Gasteiger charge is 2.38. The fourth-order valence-electron chi connectivity index (χ4n) is 4.55. The highest BCUT2D eigenvalue weighted by molar-refractivity contribution is 14.0. The summed E-state index contributed by atoms with van der Waals surface area (Å²) in [5.41, 5.74) is 0.297. The summed E-state index contributed by atoms with van der Waals surface area (Å²) < 4.78 is 5.44. The Balaban J connectivity index is 0.00000280. The number of hydrogen-bond donors (Lipinski definition) is 2. The maximum absolute atomic E-state index is 5.44. The summed E-state index contributed by atoms with van der Waals surface area (Å²) in [4.78, 5) is 10.3. The topological polar surface area (TPSA) is 52.1 Å². The molecule has 2 N–H and O–H groups in total. The van der Waals surface area contributed by atoms with Crippen molar-refractivity contribution in [3.05, 3.63) is 0 Å². The SMILES string of the molecule is CCNC(=NCC1(N2CCSCC2)CCCCC1)NCCN1CCOCC1.I. The van der Waals surface area contributed by atoms with Gasteiger partial charge in [0.05, 0.1) is 19.8 Å². The standard InChI is InChI=1S/C20H39N5OS.HI/c1-2-21-19(22-8-9-24-10-14-26-15-11-24)23-18-20(6-4-3-5-7-20)25-12-16-27-17-13-25;/h2-18H2,1H3,(H2,21,22,23);1H. The summed E-state index contributed by atoms with van der Waals surface area (Å²) in [5.74, 6) is 3.55. The van der Waals surface area contributed by atoms with Gasteiger partial charge < -0.3 is 15.4 Å². The van der Waals surface area contributed by atoms with Crippen LogP contribution in [-0.4, -0.2) is 98.4 Å². The molecular formula is C20H40IN5OS.